The van der Waals surface area contributed by atoms with E-state index in [2.05, 4.69) is 15.6 Å². The van der Waals surface area contributed by atoms with Gasteiger partial charge < -0.3 is 29.6 Å². The van der Waals surface area contributed by atoms with Gasteiger partial charge in [-0.2, -0.15) is 0 Å². The Morgan fingerprint density at radius 2 is 1.67 bits per heavy atom. The lowest BCUT2D eigenvalue weighted by atomic mass is 10.2. The van der Waals surface area contributed by atoms with Crippen molar-refractivity contribution in [3.63, 3.8) is 0 Å². The number of benzene rings is 2. The average molecular weight is 394 g/mol. The zero-order valence-corrected chi connectivity index (χ0v) is 16.6. The van der Waals surface area contributed by atoms with Crippen molar-refractivity contribution in [2.75, 3.05) is 46.8 Å². The molecule has 2 rings (SSSR count). The van der Waals surface area contributed by atoms with E-state index in [9.17, 15) is 0 Å². The molecule has 7 nitrogen and oxygen atoms in total. The second-order valence-electron chi connectivity index (χ2n) is 5.32. The summed E-state index contributed by atoms with van der Waals surface area (Å²) in [6.07, 6.45) is 0. The highest BCUT2D eigenvalue weighted by atomic mass is 35.5. The highest BCUT2D eigenvalue weighted by Gasteiger charge is 2.14. The van der Waals surface area contributed by atoms with Crippen molar-refractivity contribution < 1.29 is 18.9 Å². The van der Waals surface area contributed by atoms with Crippen LogP contribution in [0, 0.1) is 0 Å². The lowest BCUT2D eigenvalue weighted by Gasteiger charge is -2.16. The van der Waals surface area contributed by atoms with Crippen molar-refractivity contribution in [1.82, 2.24) is 5.32 Å². The minimum atomic E-state index is 0.430. The second kappa shape index (κ2) is 10.4. The van der Waals surface area contributed by atoms with Gasteiger partial charge >= 0.3 is 0 Å². The SMILES string of the molecule is CN=C(NCCOc1ccccc1Cl)Nc1cc(OC)c(OC)c(OC)c1. The fourth-order valence-corrected chi connectivity index (χ4v) is 2.55. The van der Waals surface area contributed by atoms with Crippen LogP contribution in [0.1, 0.15) is 0 Å². The van der Waals surface area contributed by atoms with Crippen LogP contribution in [0.15, 0.2) is 41.4 Å². The number of ether oxygens (including phenoxy) is 4. The number of anilines is 1. The van der Waals surface area contributed by atoms with Crippen LogP contribution in [0.2, 0.25) is 5.02 Å². The van der Waals surface area contributed by atoms with Gasteiger partial charge in [0.15, 0.2) is 17.5 Å². The summed E-state index contributed by atoms with van der Waals surface area (Å²) in [4.78, 5) is 4.20. The van der Waals surface area contributed by atoms with E-state index < -0.39 is 0 Å². The fourth-order valence-electron chi connectivity index (χ4n) is 2.36. The van der Waals surface area contributed by atoms with Crippen LogP contribution in [0.5, 0.6) is 23.0 Å². The van der Waals surface area contributed by atoms with E-state index in [0.717, 1.165) is 5.69 Å². The number of para-hydroxylation sites is 1. The van der Waals surface area contributed by atoms with Crippen molar-refractivity contribution in [2.45, 2.75) is 0 Å². The molecule has 8 heteroatoms. The molecule has 0 aliphatic heterocycles. The largest absolute Gasteiger partial charge is 0.493 e. The summed E-state index contributed by atoms with van der Waals surface area (Å²) in [5.41, 5.74) is 0.740. The van der Waals surface area contributed by atoms with E-state index in [1.54, 1.807) is 46.6 Å². The van der Waals surface area contributed by atoms with Gasteiger partial charge in [-0.15, -0.1) is 0 Å². The summed E-state index contributed by atoms with van der Waals surface area (Å²) in [5, 5.41) is 6.93. The molecule has 0 amide bonds. The summed E-state index contributed by atoms with van der Waals surface area (Å²) in [6, 6.07) is 10.9. The molecule has 0 unspecified atom stereocenters. The molecule has 0 saturated carbocycles. The molecule has 27 heavy (non-hydrogen) atoms. The Labute approximate surface area is 164 Å². The molecule has 146 valence electrons. The van der Waals surface area contributed by atoms with Crippen LogP contribution in [-0.4, -0.2) is 47.5 Å². The first-order valence-corrected chi connectivity index (χ1v) is 8.65. The van der Waals surface area contributed by atoms with E-state index in [0.29, 0.717) is 47.1 Å². The van der Waals surface area contributed by atoms with Crippen LogP contribution in [0.4, 0.5) is 5.69 Å². The van der Waals surface area contributed by atoms with Crippen LogP contribution >= 0.6 is 11.6 Å². The van der Waals surface area contributed by atoms with Crippen LogP contribution in [0.3, 0.4) is 0 Å². The predicted octanol–water partition coefficient (Wildman–Crippen LogP) is 3.43. The number of guanidine groups is 1. The van der Waals surface area contributed by atoms with Gasteiger partial charge in [0.25, 0.3) is 0 Å². The number of methoxy groups -OCH3 is 3. The third-order valence-corrected chi connectivity index (χ3v) is 3.95. The maximum absolute atomic E-state index is 6.07. The summed E-state index contributed by atoms with van der Waals surface area (Å²) in [6.45, 7) is 0.967. The molecule has 0 fully saturated rings. The first-order chi connectivity index (χ1) is 13.1. The summed E-state index contributed by atoms with van der Waals surface area (Å²) in [7, 11) is 6.38. The van der Waals surface area contributed by atoms with Crippen molar-refractivity contribution in [3.8, 4) is 23.0 Å². The van der Waals surface area contributed by atoms with Crippen molar-refractivity contribution in [1.29, 1.82) is 0 Å². The number of aliphatic imine (C=N–C) groups is 1. The van der Waals surface area contributed by atoms with Crippen LogP contribution < -0.4 is 29.6 Å². The molecule has 0 atom stereocenters. The van der Waals surface area contributed by atoms with E-state index in [1.807, 2.05) is 18.2 Å². The van der Waals surface area contributed by atoms with Gasteiger partial charge in [0.2, 0.25) is 5.75 Å². The normalized spacial score (nSPS) is 10.9. The molecule has 2 aromatic rings. The molecule has 0 bridgehead atoms. The maximum atomic E-state index is 6.07. The molecule has 0 heterocycles. The van der Waals surface area contributed by atoms with Gasteiger partial charge in [-0.25, -0.2) is 0 Å². The molecule has 0 aromatic heterocycles. The first-order valence-electron chi connectivity index (χ1n) is 8.28. The number of nitrogens with zero attached hydrogens (tertiary/aromatic N) is 1. The number of halogens is 1. The summed E-state index contributed by atoms with van der Waals surface area (Å²) < 4.78 is 21.7. The minimum absolute atomic E-state index is 0.430. The highest BCUT2D eigenvalue weighted by Crippen LogP contribution is 2.39. The Hall–Kier alpha value is -2.80. The predicted molar refractivity (Wildman–Crippen MR) is 108 cm³/mol. The molecular formula is C19H24ClN3O4. The van der Waals surface area contributed by atoms with E-state index in [1.165, 1.54) is 0 Å². The third-order valence-electron chi connectivity index (χ3n) is 3.64. The molecule has 2 N–H and O–H groups in total. The van der Waals surface area contributed by atoms with Gasteiger partial charge in [-0.1, -0.05) is 23.7 Å². The molecule has 0 saturated heterocycles. The van der Waals surface area contributed by atoms with Gasteiger partial charge in [0, 0.05) is 24.9 Å². The number of rotatable bonds is 8. The average Bonchev–Trinajstić information content (AvgIpc) is 2.70. The topological polar surface area (TPSA) is 73.3 Å². The molecule has 0 radical (unpaired) electrons. The Kier molecular flexibility index (Phi) is 7.88. The number of hydrogen-bond donors (Lipinski definition) is 2. The van der Waals surface area contributed by atoms with Crippen molar-refractivity contribution in [2.24, 2.45) is 4.99 Å². The first kappa shape index (κ1) is 20.5. The van der Waals surface area contributed by atoms with Gasteiger partial charge in [-0.3, -0.25) is 4.99 Å². The summed E-state index contributed by atoms with van der Waals surface area (Å²) >= 11 is 6.07. The molecule has 0 aliphatic carbocycles. The number of nitrogens with one attached hydrogen (secondary N) is 2. The monoisotopic (exact) mass is 393 g/mol. The molecule has 0 aliphatic rings. The van der Waals surface area contributed by atoms with Crippen molar-refractivity contribution >= 4 is 23.2 Å². The molecule has 0 spiro atoms. The maximum Gasteiger partial charge on any atom is 0.203 e. The van der Waals surface area contributed by atoms with Crippen molar-refractivity contribution in [3.05, 3.63) is 41.4 Å². The van der Waals surface area contributed by atoms with Crippen LogP contribution in [0.25, 0.3) is 0 Å². The van der Waals surface area contributed by atoms with E-state index in [-0.39, 0.29) is 0 Å². The number of hydrogen-bond acceptors (Lipinski definition) is 5. The lowest BCUT2D eigenvalue weighted by molar-refractivity contribution is 0.322. The summed E-state index contributed by atoms with van der Waals surface area (Å²) in [5.74, 6) is 2.86. The van der Waals surface area contributed by atoms with Crippen LogP contribution in [-0.2, 0) is 0 Å². The van der Waals surface area contributed by atoms with Gasteiger partial charge in [0.1, 0.15) is 12.4 Å². The fraction of sp³-hybridized carbons (Fsp3) is 0.316. The Morgan fingerprint density at radius 1 is 1.00 bits per heavy atom. The van der Waals surface area contributed by atoms with E-state index in [4.69, 9.17) is 30.5 Å². The molecule has 2 aromatic carbocycles. The highest BCUT2D eigenvalue weighted by molar-refractivity contribution is 6.32. The quantitative estimate of drug-likeness (QED) is 0.406. The lowest BCUT2D eigenvalue weighted by Crippen LogP contribution is -2.33. The smallest absolute Gasteiger partial charge is 0.203 e. The van der Waals surface area contributed by atoms with Gasteiger partial charge in [-0.05, 0) is 12.1 Å². The second-order valence-corrected chi connectivity index (χ2v) is 5.72. The third kappa shape index (κ3) is 5.59. The Morgan fingerprint density at radius 3 is 2.22 bits per heavy atom. The zero-order chi connectivity index (χ0) is 19.6. The Bertz CT molecular complexity index is 758. The minimum Gasteiger partial charge on any atom is -0.493 e. The van der Waals surface area contributed by atoms with Gasteiger partial charge in [0.05, 0.1) is 32.9 Å². The zero-order valence-electron chi connectivity index (χ0n) is 15.8. The Balaban J connectivity index is 1.96. The standard InChI is InChI=1S/C19H24ClN3O4/c1-21-19(22-9-10-27-15-8-6-5-7-14(15)20)23-13-11-16(24-2)18(26-4)17(12-13)25-3/h5-8,11-12H,9-10H2,1-4H3,(H2,21,22,23). The molecular weight excluding hydrogens is 370 g/mol. The van der Waals surface area contributed by atoms with E-state index >= 15 is 0 Å².